The summed E-state index contributed by atoms with van der Waals surface area (Å²) in [6.07, 6.45) is 0.840. The summed E-state index contributed by atoms with van der Waals surface area (Å²) in [4.78, 5) is 23.6. The summed E-state index contributed by atoms with van der Waals surface area (Å²) in [7, 11) is 3.02. The lowest BCUT2D eigenvalue weighted by molar-refractivity contribution is -0.385. The van der Waals surface area contributed by atoms with Crippen LogP contribution < -0.4 is 10.1 Å². The lowest BCUT2D eigenvalue weighted by atomic mass is 10.2. The molecule has 0 bridgehead atoms. The lowest BCUT2D eigenvalue weighted by Crippen LogP contribution is -2.31. The first-order valence-electron chi connectivity index (χ1n) is 5.84. The fraction of sp³-hybridized carbons (Fsp3) is 0.417. The van der Waals surface area contributed by atoms with Gasteiger partial charge in [-0.05, 0) is 18.6 Å². The number of anilines is 1. The number of benzene rings is 1. The fourth-order valence-corrected chi connectivity index (χ4v) is 1.57. The zero-order chi connectivity index (χ0) is 14.4. The SMILES string of the molecule is CCCN(C)C(=O)Nc1ccc(OC)c([N+](=O)[O-])c1. The minimum Gasteiger partial charge on any atom is -0.490 e. The molecule has 0 unspecified atom stereocenters. The fourth-order valence-electron chi connectivity index (χ4n) is 1.57. The number of hydrogen-bond donors (Lipinski definition) is 1. The molecule has 7 nitrogen and oxygen atoms in total. The second kappa shape index (κ2) is 6.58. The zero-order valence-electron chi connectivity index (χ0n) is 11.2. The van der Waals surface area contributed by atoms with Crippen LogP contribution in [0.15, 0.2) is 18.2 Å². The number of nitro groups is 1. The highest BCUT2D eigenvalue weighted by Crippen LogP contribution is 2.29. The van der Waals surface area contributed by atoms with Crippen molar-refractivity contribution in [3.63, 3.8) is 0 Å². The molecular weight excluding hydrogens is 250 g/mol. The van der Waals surface area contributed by atoms with Gasteiger partial charge in [0.2, 0.25) is 0 Å². The van der Waals surface area contributed by atoms with Crippen molar-refractivity contribution in [2.24, 2.45) is 0 Å². The number of methoxy groups -OCH3 is 1. The van der Waals surface area contributed by atoms with Gasteiger partial charge in [0, 0.05) is 25.3 Å². The van der Waals surface area contributed by atoms with Crippen molar-refractivity contribution in [3.05, 3.63) is 28.3 Å². The van der Waals surface area contributed by atoms with E-state index in [9.17, 15) is 14.9 Å². The number of carbonyl (C=O) groups excluding carboxylic acids is 1. The van der Waals surface area contributed by atoms with Crippen LogP contribution in [0.25, 0.3) is 0 Å². The molecule has 1 aromatic carbocycles. The smallest absolute Gasteiger partial charge is 0.321 e. The zero-order valence-corrected chi connectivity index (χ0v) is 11.2. The van der Waals surface area contributed by atoms with Gasteiger partial charge in [0.1, 0.15) is 0 Å². The summed E-state index contributed by atoms with van der Waals surface area (Å²) >= 11 is 0. The third kappa shape index (κ3) is 3.84. The molecular formula is C12H17N3O4. The Morgan fingerprint density at radius 3 is 2.74 bits per heavy atom. The average Bonchev–Trinajstić information content (AvgIpc) is 2.38. The number of amides is 2. The van der Waals surface area contributed by atoms with Gasteiger partial charge < -0.3 is 15.0 Å². The molecule has 0 aromatic heterocycles. The number of rotatable bonds is 5. The van der Waals surface area contributed by atoms with Gasteiger partial charge in [-0.1, -0.05) is 6.92 Å². The predicted molar refractivity (Wildman–Crippen MR) is 71.6 cm³/mol. The van der Waals surface area contributed by atoms with Crippen molar-refractivity contribution < 1.29 is 14.5 Å². The summed E-state index contributed by atoms with van der Waals surface area (Å²) in [5, 5.41) is 13.5. The highest BCUT2D eigenvalue weighted by Gasteiger charge is 2.16. The molecule has 7 heteroatoms. The first-order valence-corrected chi connectivity index (χ1v) is 5.84. The molecule has 19 heavy (non-hydrogen) atoms. The summed E-state index contributed by atoms with van der Waals surface area (Å²) in [6, 6.07) is 3.98. The Morgan fingerprint density at radius 1 is 1.53 bits per heavy atom. The maximum absolute atomic E-state index is 11.8. The van der Waals surface area contributed by atoms with Crippen molar-refractivity contribution in [3.8, 4) is 5.75 Å². The standard InChI is InChI=1S/C12H17N3O4/c1-4-7-14(2)12(16)13-9-5-6-11(19-3)10(8-9)15(17)18/h5-6,8H,4,7H2,1-3H3,(H,13,16). The van der Waals surface area contributed by atoms with Crippen LogP contribution in [-0.2, 0) is 0 Å². The molecule has 1 N–H and O–H groups in total. The van der Waals surface area contributed by atoms with E-state index >= 15 is 0 Å². The Balaban J connectivity index is 2.88. The molecule has 0 aliphatic carbocycles. The lowest BCUT2D eigenvalue weighted by Gasteiger charge is -2.17. The van der Waals surface area contributed by atoms with Crippen LogP contribution >= 0.6 is 0 Å². The van der Waals surface area contributed by atoms with Gasteiger partial charge in [0.25, 0.3) is 0 Å². The maximum atomic E-state index is 11.8. The molecule has 0 radical (unpaired) electrons. The monoisotopic (exact) mass is 267 g/mol. The van der Waals surface area contributed by atoms with Gasteiger partial charge in [-0.2, -0.15) is 0 Å². The number of nitro benzene ring substituents is 1. The van der Waals surface area contributed by atoms with Crippen LogP contribution in [0.2, 0.25) is 0 Å². The van der Waals surface area contributed by atoms with Gasteiger partial charge >= 0.3 is 11.7 Å². The van der Waals surface area contributed by atoms with E-state index in [1.807, 2.05) is 6.92 Å². The molecule has 0 atom stereocenters. The molecule has 1 rings (SSSR count). The second-order valence-electron chi connectivity index (χ2n) is 4.00. The Kier molecular flexibility index (Phi) is 5.11. The van der Waals surface area contributed by atoms with Gasteiger partial charge in [0.15, 0.2) is 5.75 Å². The average molecular weight is 267 g/mol. The first kappa shape index (κ1) is 14.7. The van der Waals surface area contributed by atoms with Gasteiger partial charge in [-0.25, -0.2) is 4.79 Å². The van der Waals surface area contributed by atoms with Crippen molar-refractivity contribution in [2.75, 3.05) is 26.0 Å². The maximum Gasteiger partial charge on any atom is 0.321 e. The minimum atomic E-state index is -0.551. The topological polar surface area (TPSA) is 84.7 Å². The Bertz CT molecular complexity index is 476. The first-order chi connectivity index (χ1) is 8.99. The number of ether oxygens (including phenoxy) is 1. The van der Waals surface area contributed by atoms with E-state index in [4.69, 9.17) is 4.74 Å². The number of urea groups is 1. The van der Waals surface area contributed by atoms with Crippen LogP contribution in [0.4, 0.5) is 16.2 Å². The number of hydrogen-bond acceptors (Lipinski definition) is 4. The van der Waals surface area contributed by atoms with Crippen LogP contribution in [0.1, 0.15) is 13.3 Å². The van der Waals surface area contributed by atoms with E-state index in [1.165, 1.54) is 24.1 Å². The Morgan fingerprint density at radius 2 is 2.21 bits per heavy atom. The summed E-state index contributed by atoms with van der Waals surface area (Å²) in [5.41, 5.74) is 0.180. The Labute approximate surface area is 111 Å². The van der Waals surface area contributed by atoms with E-state index in [0.29, 0.717) is 12.2 Å². The summed E-state index contributed by atoms with van der Waals surface area (Å²) in [6.45, 7) is 2.58. The highest BCUT2D eigenvalue weighted by atomic mass is 16.6. The van der Waals surface area contributed by atoms with E-state index < -0.39 is 4.92 Å². The van der Waals surface area contributed by atoms with Crippen molar-refractivity contribution in [2.45, 2.75) is 13.3 Å². The van der Waals surface area contributed by atoms with E-state index in [1.54, 1.807) is 13.1 Å². The van der Waals surface area contributed by atoms with Crippen LogP contribution in [0, 0.1) is 10.1 Å². The van der Waals surface area contributed by atoms with Gasteiger partial charge in [-0.3, -0.25) is 10.1 Å². The number of nitrogens with one attached hydrogen (secondary N) is 1. The second-order valence-corrected chi connectivity index (χ2v) is 4.00. The molecule has 1 aromatic rings. The largest absolute Gasteiger partial charge is 0.490 e. The van der Waals surface area contributed by atoms with Gasteiger partial charge in [0.05, 0.1) is 12.0 Å². The van der Waals surface area contributed by atoms with Gasteiger partial charge in [-0.15, -0.1) is 0 Å². The molecule has 0 aliphatic rings. The molecule has 0 heterocycles. The minimum absolute atomic E-state index is 0.157. The normalized spacial score (nSPS) is 9.84. The molecule has 104 valence electrons. The highest BCUT2D eigenvalue weighted by molar-refractivity contribution is 5.89. The Hall–Kier alpha value is -2.31. The van der Waals surface area contributed by atoms with Crippen LogP contribution in [-0.4, -0.2) is 36.6 Å². The number of carbonyl (C=O) groups is 1. The third-order valence-corrected chi connectivity index (χ3v) is 2.53. The molecule has 2 amide bonds. The molecule has 0 fully saturated rings. The van der Waals surface area contributed by atoms with Crippen molar-refractivity contribution in [1.82, 2.24) is 4.90 Å². The van der Waals surface area contributed by atoms with Crippen molar-refractivity contribution in [1.29, 1.82) is 0 Å². The van der Waals surface area contributed by atoms with E-state index in [0.717, 1.165) is 6.42 Å². The summed E-state index contributed by atoms with van der Waals surface area (Å²) < 4.78 is 4.89. The third-order valence-electron chi connectivity index (χ3n) is 2.53. The molecule has 0 spiro atoms. The predicted octanol–water partition coefficient (Wildman–Crippen LogP) is 2.48. The van der Waals surface area contributed by atoms with Crippen LogP contribution in [0.5, 0.6) is 5.75 Å². The quantitative estimate of drug-likeness (QED) is 0.656. The summed E-state index contributed by atoms with van der Waals surface area (Å²) in [5.74, 6) is 0.157. The molecule has 0 aliphatic heterocycles. The number of nitrogens with zero attached hydrogens (tertiary/aromatic N) is 2. The molecule has 0 saturated carbocycles. The van der Waals surface area contributed by atoms with Crippen molar-refractivity contribution >= 4 is 17.4 Å². The van der Waals surface area contributed by atoms with E-state index in [-0.39, 0.29) is 17.5 Å². The van der Waals surface area contributed by atoms with E-state index in [2.05, 4.69) is 5.32 Å². The van der Waals surface area contributed by atoms with Crippen LogP contribution in [0.3, 0.4) is 0 Å². The molecule has 0 saturated heterocycles.